The van der Waals surface area contributed by atoms with Crippen LogP contribution in [0.4, 0.5) is 9.93 Å². The maximum Gasteiger partial charge on any atom is 0.357 e. The molecule has 0 spiro atoms. The van der Waals surface area contributed by atoms with Crippen LogP contribution in [0.15, 0.2) is 90.3 Å². The zero-order valence-electron chi connectivity index (χ0n) is 22.7. The first-order valence-corrected chi connectivity index (χ1v) is 13.9. The van der Waals surface area contributed by atoms with E-state index in [-0.39, 0.29) is 23.3 Å². The predicted octanol–water partition coefficient (Wildman–Crippen LogP) is 5.47. The third-order valence-corrected chi connectivity index (χ3v) is 7.27. The molecule has 4 aromatic rings. The summed E-state index contributed by atoms with van der Waals surface area (Å²) >= 11 is 1.03. The lowest BCUT2D eigenvalue weighted by Gasteiger charge is -2.28. The molecular formula is C31H30N4O5S. The van der Waals surface area contributed by atoms with E-state index in [0.717, 1.165) is 38.5 Å². The molecule has 9 nitrogen and oxygen atoms in total. The molecule has 0 bridgehead atoms. The van der Waals surface area contributed by atoms with Gasteiger partial charge in [0.25, 0.3) is 0 Å². The minimum Gasteiger partial charge on any atom is -0.464 e. The number of urea groups is 1. The number of hydrogen-bond acceptors (Lipinski definition) is 7. The number of carbonyl (C=O) groups excluding carboxylic acids is 4. The summed E-state index contributed by atoms with van der Waals surface area (Å²) in [5.74, 6) is -1.27. The Kier molecular flexibility index (Phi) is 9.95. The first-order chi connectivity index (χ1) is 19.9. The lowest BCUT2D eigenvalue weighted by Crippen LogP contribution is -2.52. The fourth-order valence-electron chi connectivity index (χ4n) is 4.32. The Morgan fingerprint density at radius 3 is 2.20 bits per heavy atom. The van der Waals surface area contributed by atoms with Crippen LogP contribution >= 0.6 is 11.3 Å². The number of imide groups is 1. The van der Waals surface area contributed by atoms with Crippen LogP contribution < -0.4 is 10.6 Å². The number of carbonyl (C=O) groups is 4. The minimum absolute atomic E-state index is 0.0412. The molecule has 3 aromatic carbocycles. The maximum atomic E-state index is 13.5. The average Bonchev–Trinajstić information content (AvgIpc) is 3.49. The third kappa shape index (κ3) is 7.43. The van der Waals surface area contributed by atoms with E-state index in [1.165, 1.54) is 12.5 Å². The summed E-state index contributed by atoms with van der Waals surface area (Å²) in [6.07, 6.45) is 0.997. The molecule has 0 aliphatic heterocycles. The summed E-state index contributed by atoms with van der Waals surface area (Å²) in [7, 11) is 1.23. The van der Waals surface area contributed by atoms with Gasteiger partial charge >= 0.3 is 12.0 Å². The van der Waals surface area contributed by atoms with Crippen molar-refractivity contribution in [2.45, 2.75) is 31.8 Å². The number of nitrogens with zero attached hydrogens (tertiary/aromatic N) is 2. The zero-order chi connectivity index (χ0) is 29.2. The SMILES string of the molecule is CCC(NC(=O)N(C=O)[C@@H](Cc1ccc(-c2ccccc2)cc1)C(=O)Nc1nc(C(=O)OC)cs1)c1ccccc1. The van der Waals surface area contributed by atoms with E-state index in [4.69, 9.17) is 0 Å². The van der Waals surface area contributed by atoms with Gasteiger partial charge in [0, 0.05) is 11.8 Å². The summed E-state index contributed by atoms with van der Waals surface area (Å²) in [5.41, 5.74) is 3.70. The normalized spacial score (nSPS) is 12.0. The minimum atomic E-state index is -1.20. The second kappa shape index (κ2) is 14.0. The molecule has 0 aliphatic rings. The van der Waals surface area contributed by atoms with Crippen molar-refractivity contribution in [3.05, 3.63) is 107 Å². The second-order valence-corrected chi connectivity index (χ2v) is 9.99. The number of anilines is 1. The number of benzene rings is 3. The number of methoxy groups -OCH3 is 1. The first kappa shape index (κ1) is 29.2. The molecule has 0 radical (unpaired) electrons. The van der Waals surface area contributed by atoms with Gasteiger partial charge < -0.3 is 15.4 Å². The van der Waals surface area contributed by atoms with E-state index in [9.17, 15) is 19.2 Å². The van der Waals surface area contributed by atoms with Crippen LogP contribution in [0.5, 0.6) is 0 Å². The lowest BCUT2D eigenvalue weighted by molar-refractivity contribution is -0.127. The van der Waals surface area contributed by atoms with Gasteiger partial charge in [0.1, 0.15) is 6.04 Å². The number of thiazole rings is 1. The zero-order valence-corrected chi connectivity index (χ0v) is 23.5. The molecule has 10 heteroatoms. The molecule has 0 fully saturated rings. The van der Waals surface area contributed by atoms with Gasteiger partial charge in [-0.3, -0.25) is 14.5 Å². The number of esters is 1. The molecule has 1 heterocycles. The fourth-order valence-corrected chi connectivity index (χ4v) is 5.00. The molecule has 4 amide bonds. The van der Waals surface area contributed by atoms with Gasteiger partial charge in [-0.15, -0.1) is 11.3 Å². The van der Waals surface area contributed by atoms with Crippen LogP contribution in [0, 0.1) is 0 Å². The Balaban J connectivity index is 1.59. The number of ether oxygens (including phenoxy) is 1. The Morgan fingerprint density at radius 1 is 0.951 bits per heavy atom. The smallest absolute Gasteiger partial charge is 0.357 e. The van der Waals surface area contributed by atoms with Crippen LogP contribution in [0.3, 0.4) is 0 Å². The Bertz CT molecular complexity index is 1480. The molecule has 210 valence electrons. The van der Waals surface area contributed by atoms with E-state index >= 15 is 0 Å². The Hall–Kier alpha value is -4.83. The highest BCUT2D eigenvalue weighted by Gasteiger charge is 2.32. The molecule has 4 rings (SSSR count). The van der Waals surface area contributed by atoms with Crippen LogP contribution in [0.2, 0.25) is 0 Å². The van der Waals surface area contributed by atoms with Crippen molar-refractivity contribution in [3.63, 3.8) is 0 Å². The molecule has 0 aliphatic carbocycles. The highest BCUT2D eigenvalue weighted by atomic mass is 32.1. The highest BCUT2D eigenvalue weighted by Crippen LogP contribution is 2.22. The number of hydrogen-bond donors (Lipinski definition) is 2. The molecule has 41 heavy (non-hydrogen) atoms. The molecular weight excluding hydrogens is 540 g/mol. The van der Waals surface area contributed by atoms with Crippen LogP contribution in [-0.2, 0) is 20.7 Å². The topological polar surface area (TPSA) is 118 Å². The summed E-state index contributed by atoms with van der Waals surface area (Å²) < 4.78 is 4.68. The van der Waals surface area contributed by atoms with Gasteiger partial charge in [-0.05, 0) is 28.7 Å². The maximum absolute atomic E-state index is 13.5. The average molecular weight is 571 g/mol. The second-order valence-electron chi connectivity index (χ2n) is 9.14. The Labute approximate surface area is 242 Å². The van der Waals surface area contributed by atoms with Gasteiger partial charge in [0.15, 0.2) is 10.8 Å². The highest BCUT2D eigenvalue weighted by molar-refractivity contribution is 7.14. The summed E-state index contributed by atoms with van der Waals surface area (Å²) in [5, 5.41) is 7.12. The van der Waals surface area contributed by atoms with E-state index in [2.05, 4.69) is 20.4 Å². The molecule has 0 saturated heterocycles. The largest absolute Gasteiger partial charge is 0.464 e. The van der Waals surface area contributed by atoms with E-state index in [1.54, 1.807) is 0 Å². The number of rotatable bonds is 11. The standard InChI is InChI=1S/C31H30N4O5S/c1-3-25(24-12-8-5-9-13-24)33-31(39)35(20-36)27(28(37)34-30-32-26(19-41-30)29(38)40-2)18-21-14-16-23(17-15-21)22-10-6-4-7-11-22/h4-17,19-20,25,27H,3,18H2,1-2H3,(H,33,39)(H,32,34,37)/t25?,27-/m0/s1. The van der Waals surface area contributed by atoms with E-state index < -0.39 is 23.9 Å². The van der Waals surface area contributed by atoms with Gasteiger partial charge in [0.05, 0.1) is 13.2 Å². The molecule has 2 N–H and O–H groups in total. The van der Waals surface area contributed by atoms with Crippen LogP contribution in [0.25, 0.3) is 11.1 Å². The quantitative estimate of drug-likeness (QED) is 0.183. The molecule has 1 aromatic heterocycles. The lowest BCUT2D eigenvalue weighted by atomic mass is 9.99. The van der Waals surface area contributed by atoms with Crippen LogP contribution in [-0.4, -0.2) is 47.4 Å². The molecule has 2 atom stereocenters. The van der Waals surface area contributed by atoms with E-state index in [0.29, 0.717) is 12.8 Å². The molecule has 0 saturated carbocycles. The number of aromatic nitrogens is 1. The Morgan fingerprint density at radius 2 is 1.59 bits per heavy atom. The van der Waals surface area contributed by atoms with Crippen molar-refractivity contribution < 1.29 is 23.9 Å². The summed E-state index contributed by atoms with van der Waals surface area (Å²) in [6.45, 7) is 1.92. The predicted molar refractivity (Wildman–Crippen MR) is 157 cm³/mol. The number of amides is 4. The van der Waals surface area contributed by atoms with Crippen molar-refractivity contribution in [1.29, 1.82) is 0 Å². The van der Waals surface area contributed by atoms with Crippen molar-refractivity contribution in [1.82, 2.24) is 15.2 Å². The number of nitrogens with one attached hydrogen (secondary N) is 2. The van der Waals surface area contributed by atoms with Crippen molar-refractivity contribution in [2.75, 3.05) is 12.4 Å². The first-order valence-electron chi connectivity index (χ1n) is 13.0. The fraction of sp³-hybridized carbons (Fsp3) is 0.194. The third-order valence-electron chi connectivity index (χ3n) is 6.51. The van der Waals surface area contributed by atoms with Crippen molar-refractivity contribution >= 4 is 40.8 Å². The monoisotopic (exact) mass is 570 g/mol. The van der Waals surface area contributed by atoms with Gasteiger partial charge in [0.2, 0.25) is 12.3 Å². The molecule has 1 unspecified atom stereocenters. The van der Waals surface area contributed by atoms with Gasteiger partial charge in [-0.2, -0.15) is 0 Å². The van der Waals surface area contributed by atoms with Gasteiger partial charge in [-0.25, -0.2) is 14.6 Å². The van der Waals surface area contributed by atoms with E-state index in [1.807, 2.05) is 91.9 Å². The van der Waals surface area contributed by atoms with Gasteiger partial charge in [-0.1, -0.05) is 91.9 Å². The summed E-state index contributed by atoms with van der Waals surface area (Å²) in [6, 6.07) is 24.5. The van der Waals surface area contributed by atoms with Crippen molar-refractivity contribution in [3.8, 4) is 11.1 Å². The van der Waals surface area contributed by atoms with Crippen molar-refractivity contribution in [2.24, 2.45) is 0 Å². The van der Waals surface area contributed by atoms with Crippen LogP contribution in [0.1, 0.15) is 41.0 Å². The summed E-state index contributed by atoms with van der Waals surface area (Å²) in [4.78, 5) is 56.0.